The molecule has 4 aliphatic rings. The number of aromatic amines is 1. The maximum atomic E-state index is 16.1. The van der Waals surface area contributed by atoms with Crippen molar-refractivity contribution < 1.29 is 27.2 Å². The minimum Gasteiger partial charge on any atom is -0.371 e. The lowest BCUT2D eigenvalue weighted by Crippen LogP contribution is -2.40. The van der Waals surface area contributed by atoms with Gasteiger partial charge in [0.05, 0.1) is 19.1 Å². The zero-order chi connectivity index (χ0) is 34.0. The third-order valence-corrected chi connectivity index (χ3v) is 11.3. The van der Waals surface area contributed by atoms with E-state index >= 15 is 8.78 Å². The Morgan fingerprint density at radius 3 is 2.49 bits per heavy atom. The smallest absolute Gasteiger partial charge is 0.251 e. The summed E-state index contributed by atoms with van der Waals surface area (Å²) in [5, 5.41) is 0.945. The van der Waals surface area contributed by atoms with E-state index < -0.39 is 30.6 Å². The van der Waals surface area contributed by atoms with E-state index in [1.54, 1.807) is 0 Å². The molecule has 49 heavy (non-hydrogen) atoms. The molecular formula is C38H39F4N5O2. The number of carbonyl (C=O) groups is 2. The molecule has 1 aromatic heterocycles. The van der Waals surface area contributed by atoms with Gasteiger partial charge in [-0.3, -0.25) is 19.4 Å². The third-order valence-electron chi connectivity index (χ3n) is 11.3. The molecular weight excluding hydrogens is 634 g/mol. The molecule has 4 aromatic rings. The molecule has 4 aliphatic heterocycles. The number of para-hydroxylation sites is 1. The van der Waals surface area contributed by atoms with Gasteiger partial charge in [0.25, 0.3) is 6.43 Å². The zero-order valence-electron chi connectivity index (χ0n) is 27.5. The Labute approximate surface area is 282 Å². The number of fused-ring (bicyclic) bond motifs is 4. The molecule has 0 radical (unpaired) electrons. The normalized spacial score (nSPS) is 22.5. The number of nitrogens with zero attached hydrogens (tertiary/aromatic N) is 4. The number of nitrogens with one attached hydrogen (secondary N) is 1. The fourth-order valence-corrected chi connectivity index (χ4v) is 8.85. The topological polar surface area (TPSA) is 62.9 Å². The van der Waals surface area contributed by atoms with Crippen molar-refractivity contribution >= 4 is 28.8 Å². The van der Waals surface area contributed by atoms with E-state index in [4.69, 9.17) is 0 Å². The van der Waals surface area contributed by atoms with Gasteiger partial charge in [-0.25, -0.2) is 17.6 Å². The van der Waals surface area contributed by atoms with Gasteiger partial charge < -0.3 is 14.8 Å². The highest BCUT2D eigenvalue weighted by Gasteiger charge is 2.45. The number of aryl methyl sites for hydroxylation is 1. The lowest BCUT2D eigenvalue weighted by atomic mass is 9.86. The summed E-state index contributed by atoms with van der Waals surface area (Å²) in [5.74, 6) is -1.44. The Bertz CT molecular complexity index is 1940. The molecule has 8 rings (SSSR count). The van der Waals surface area contributed by atoms with E-state index in [1.807, 2.05) is 53.1 Å². The van der Waals surface area contributed by atoms with Gasteiger partial charge in [0, 0.05) is 78.1 Å². The number of amides is 1. The maximum Gasteiger partial charge on any atom is 0.251 e. The van der Waals surface area contributed by atoms with Crippen LogP contribution in [0, 0.1) is 24.0 Å². The number of carbonyl (C=O) groups excluding carboxylic acids is 2. The number of halogens is 4. The molecule has 256 valence electrons. The van der Waals surface area contributed by atoms with Crippen LogP contribution in [0.2, 0.25) is 0 Å². The van der Waals surface area contributed by atoms with Gasteiger partial charge in [-0.15, -0.1) is 0 Å². The van der Waals surface area contributed by atoms with Crippen molar-refractivity contribution in [2.24, 2.45) is 5.41 Å². The van der Waals surface area contributed by atoms with Gasteiger partial charge in [-0.05, 0) is 79.3 Å². The predicted molar refractivity (Wildman–Crippen MR) is 179 cm³/mol. The zero-order valence-corrected chi connectivity index (χ0v) is 27.5. The van der Waals surface area contributed by atoms with Crippen molar-refractivity contribution in [3.63, 3.8) is 0 Å². The summed E-state index contributed by atoms with van der Waals surface area (Å²) in [5.41, 5.74) is 6.10. The second-order valence-corrected chi connectivity index (χ2v) is 14.4. The summed E-state index contributed by atoms with van der Waals surface area (Å²) in [4.78, 5) is 35.5. The molecule has 2 fully saturated rings. The van der Waals surface area contributed by atoms with Crippen LogP contribution in [-0.4, -0.2) is 84.1 Å². The first-order valence-electron chi connectivity index (χ1n) is 17.0. The number of anilines is 1. The number of rotatable bonds is 7. The predicted octanol–water partition coefficient (Wildman–Crippen LogP) is 6.22. The monoisotopic (exact) mass is 673 g/mol. The van der Waals surface area contributed by atoms with Gasteiger partial charge in [-0.1, -0.05) is 24.3 Å². The molecule has 3 aromatic carbocycles. The van der Waals surface area contributed by atoms with Crippen molar-refractivity contribution in [1.82, 2.24) is 19.7 Å². The Balaban J connectivity index is 0.971. The van der Waals surface area contributed by atoms with Crippen LogP contribution in [0.4, 0.5) is 23.2 Å². The van der Waals surface area contributed by atoms with Gasteiger partial charge in [0.1, 0.15) is 17.9 Å². The average Bonchev–Trinajstić information content (AvgIpc) is 3.86. The highest BCUT2D eigenvalue weighted by atomic mass is 19.3. The van der Waals surface area contributed by atoms with Crippen LogP contribution >= 0.6 is 0 Å². The Hall–Kier alpha value is -4.22. The molecule has 1 N–H and O–H groups in total. The Morgan fingerprint density at radius 2 is 1.73 bits per heavy atom. The van der Waals surface area contributed by atoms with Crippen LogP contribution in [0.5, 0.6) is 0 Å². The molecule has 5 heterocycles. The van der Waals surface area contributed by atoms with Gasteiger partial charge in [0.15, 0.2) is 0 Å². The summed E-state index contributed by atoms with van der Waals surface area (Å²) in [6.07, 6.45) is 0.445. The fourth-order valence-electron chi connectivity index (χ4n) is 8.85. The van der Waals surface area contributed by atoms with Crippen molar-refractivity contribution in [1.29, 1.82) is 0 Å². The van der Waals surface area contributed by atoms with E-state index in [-0.39, 0.29) is 23.4 Å². The van der Waals surface area contributed by atoms with Crippen molar-refractivity contribution in [2.75, 3.05) is 50.7 Å². The SMILES string of the molecule is Cc1cc2c(cc1C=O)CN(C(=O)CN1CCC3(CCN(c4cc(F)c([C@@H]5c6[nH]c7ccccc7c6CCN5CC(F)F)c(F)c4)C3)C1)C2. The van der Waals surface area contributed by atoms with Crippen LogP contribution in [0.15, 0.2) is 48.5 Å². The van der Waals surface area contributed by atoms with E-state index in [2.05, 4.69) is 9.88 Å². The number of H-pyrrole nitrogens is 1. The second kappa shape index (κ2) is 12.3. The number of alkyl halides is 2. The molecule has 1 amide bonds. The first kappa shape index (κ1) is 32.0. The van der Waals surface area contributed by atoms with Crippen LogP contribution in [-0.2, 0) is 24.3 Å². The molecule has 0 saturated carbocycles. The molecule has 0 bridgehead atoms. The Morgan fingerprint density at radius 1 is 1.00 bits per heavy atom. The molecule has 11 heteroatoms. The molecule has 7 nitrogen and oxygen atoms in total. The Kier molecular flexibility index (Phi) is 8.02. The van der Waals surface area contributed by atoms with E-state index in [0.29, 0.717) is 56.1 Å². The molecule has 2 atom stereocenters. The lowest BCUT2D eigenvalue weighted by Gasteiger charge is -2.36. The fraction of sp³-hybridized carbons (Fsp3) is 0.421. The average molecular weight is 674 g/mol. The van der Waals surface area contributed by atoms with Gasteiger partial charge >= 0.3 is 0 Å². The summed E-state index contributed by atoms with van der Waals surface area (Å²) in [7, 11) is 0. The first-order chi connectivity index (χ1) is 23.6. The molecule has 2 saturated heterocycles. The van der Waals surface area contributed by atoms with E-state index in [0.717, 1.165) is 65.4 Å². The van der Waals surface area contributed by atoms with Gasteiger partial charge in [-0.2, -0.15) is 0 Å². The van der Waals surface area contributed by atoms with Crippen LogP contribution in [0.3, 0.4) is 0 Å². The number of aromatic nitrogens is 1. The molecule has 0 aliphatic carbocycles. The largest absolute Gasteiger partial charge is 0.371 e. The van der Waals surface area contributed by atoms with Crippen molar-refractivity contribution in [2.45, 2.75) is 51.7 Å². The number of hydrogen-bond donors (Lipinski definition) is 1. The summed E-state index contributed by atoms with van der Waals surface area (Å²) in [6.45, 7) is 5.67. The third kappa shape index (κ3) is 5.70. The van der Waals surface area contributed by atoms with Crippen LogP contribution in [0.25, 0.3) is 10.9 Å². The minimum absolute atomic E-state index is 0.0508. The maximum absolute atomic E-state index is 16.1. The minimum atomic E-state index is -2.64. The first-order valence-corrected chi connectivity index (χ1v) is 17.0. The van der Waals surface area contributed by atoms with Crippen molar-refractivity contribution in [3.05, 3.63) is 99.2 Å². The quantitative estimate of drug-likeness (QED) is 0.187. The number of aldehydes is 1. The highest BCUT2D eigenvalue weighted by Crippen LogP contribution is 2.44. The van der Waals surface area contributed by atoms with Crippen molar-refractivity contribution in [3.8, 4) is 0 Å². The summed E-state index contributed by atoms with van der Waals surface area (Å²) in [6, 6.07) is 13.2. The van der Waals surface area contributed by atoms with Crippen LogP contribution in [0.1, 0.15) is 62.8 Å². The summed E-state index contributed by atoms with van der Waals surface area (Å²) >= 11 is 0. The van der Waals surface area contributed by atoms with Crippen LogP contribution < -0.4 is 4.90 Å². The summed E-state index contributed by atoms with van der Waals surface area (Å²) < 4.78 is 59.7. The highest BCUT2D eigenvalue weighted by molar-refractivity contribution is 5.85. The number of hydrogen-bond acceptors (Lipinski definition) is 5. The second-order valence-electron chi connectivity index (χ2n) is 14.4. The molecule has 1 unspecified atom stereocenters. The lowest BCUT2D eigenvalue weighted by molar-refractivity contribution is -0.132. The standard InChI is InChI=1S/C38H39F4N5O2/c1-23-12-24-16-47(17-25(24)13-26(23)20-48)34(49)19-44-10-7-38(21-44)8-11-46(22-38)27-14-30(39)35(31(40)15-27)37-36-29(6-9-45(37)18-33(41)42)28-4-2-3-5-32(28)43-36/h2-5,12-15,20,33,37,43H,6-11,16-19,21-22H2,1H3/t37-,38?/m1/s1. The number of benzene rings is 3. The molecule has 1 spiro atoms. The number of likely N-dealkylation sites (tertiary alicyclic amines) is 1. The van der Waals surface area contributed by atoms with Gasteiger partial charge in [0.2, 0.25) is 5.91 Å². The van der Waals surface area contributed by atoms with E-state index in [1.165, 1.54) is 17.0 Å². The van der Waals surface area contributed by atoms with E-state index in [9.17, 15) is 18.4 Å².